The summed E-state index contributed by atoms with van der Waals surface area (Å²) in [7, 11) is 1.84. The van der Waals surface area contributed by atoms with E-state index in [0.29, 0.717) is 13.2 Å². The summed E-state index contributed by atoms with van der Waals surface area (Å²) in [5.74, 6) is -0.198. The van der Waals surface area contributed by atoms with Crippen molar-refractivity contribution in [2.75, 3.05) is 20.2 Å². The third-order valence-electron chi connectivity index (χ3n) is 2.29. The highest BCUT2D eigenvalue weighted by Gasteiger charge is 2.27. The summed E-state index contributed by atoms with van der Waals surface area (Å²) in [4.78, 5) is 13.6. The Morgan fingerprint density at radius 2 is 2.00 bits per heavy atom. The molecule has 1 N–H and O–H groups in total. The molecule has 0 aromatic carbocycles. The van der Waals surface area contributed by atoms with E-state index in [1.807, 2.05) is 18.9 Å². The number of aliphatic hydroxyl groups is 1. The van der Waals surface area contributed by atoms with Crippen molar-refractivity contribution in [2.24, 2.45) is 0 Å². The zero-order valence-electron chi connectivity index (χ0n) is 11.1. The van der Waals surface area contributed by atoms with Gasteiger partial charge in [-0.25, -0.2) is 0 Å². The van der Waals surface area contributed by atoms with Crippen LogP contribution in [-0.2, 0) is 9.53 Å². The first-order valence-corrected chi connectivity index (χ1v) is 5.91. The maximum absolute atomic E-state index is 11.7. The van der Waals surface area contributed by atoms with Crippen molar-refractivity contribution in [3.8, 4) is 0 Å². The van der Waals surface area contributed by atoms with Crippen LogP contribution < -0.4 is 0 Å². The summed E-state index contributed by atoms with van der Waals surface area (Å²) in [6.07, 6.45) is 1.67. The van der Waals surface area contributed by atoms with E-state index in [1.54, 1.807) is 20.8 Å². The molecule has 0 fully saturated rings. The lowest BCUT2D eigenvalue weighted by Crippen LogP contribution is -2.46. The van der Waals surface area contributed by atoms with Crippen LogP contribution in [0.2, 0.25) is 0 Å². The van der Waals surface area contributed by atoms with E-state index in [4.69, 9.17) is 4.74 Å². The summed E-state index contributed by atoms with van der Waals surface area (Å²) in [6.45, 7) is 8.16. The summed E-state index contributed by atoms with van der Waals surface area (Å²) in [5, 5.41) is 9.72. The molecule has 0 aromatic heterocycles. The zero-order valence-corrected chi connectivity index (χ0v) is 11.1. The van der Waals surface area contributed by atoms with Gasteiger partial charge in [-0.3, -0.25) is 9.69 Å². The molecular weight excluding hydrogens is 206 g/mol. The van der Waals surface area contributed by atoms with Gasteiger partial charge in [-0.2, -0.15) is 0 Å². The van der Waals surface area contributed by atoms with Crippen LogP contribution in [0.3, 0.4) is 0 Å². The number of ether oxygens (including phenoxy) is 1. The molecule has 16 heavy (non-hydrogen) atoms. The predicted molar refractivity (Wildman–Crippen MR) is 64.3 cm³/mol. The summed E-state index contributed by atoms with van der Waals surface area (Å²) < 4.78 is 5.03. The van der Waals surface area contributed by atoms with Gasteiger partial charge in [-0.1, -0.05) is 13.3 Å². The van der Waals surface area contributed by atoms with Crippen LogP contribution in [0.1, 0.15) is 40.5 Å². The molecular formula is C12H25NO3. The Morgan fingerprint density at radius 3 is 2.38 bits per heavy atom. The first-order chi connectivity index (χ1) is 7.31. The molecule has 96 valence electrons. The molecule has 0 aliphatic rings. The third-order valence-corrected chi connectivity index (χ3v) is 2.29. The van der Waals surface area contributed by atoms with Crippen molar-refractivity contribution < 1.29 is 14.6 Å². The Labute approximate surface area is 98.6 Å². The fraction of sp³-hybridized carbons (Fsp3) is 0.917. The van der Waals surface area contributed by atoms with E-state index in [1.165, 1.54) is 0 Å². The number of nitrogens with zero attached hydrogens (tertiary/aromatic N) is 1. The van der Waals surface area contributed by atoms with Crippen molar-refractivity contribution in [3.05, 3.63) is 0 Å². The Kier molecular flexibility index (Phi) is 6.60. The van der Waals surface area contributed by atoms with Crippen LogP contribution in [0, 0.1) is 0 Å². The van der Waals surface area contributed by atoms with Gasteiger partial charge in [0.15, 0.2) is 0 Å². The largest absolute Gasteiger partial charge is 0.465 e. The number of hydrogen-bond acceptors (Lipinski definition) is 4. The lowest BCUT2D eigenvalue weighted by molar-refractivity contribution is -0.150. The quantitative estimate of drug-likeness (QED) is 0.673. The van der Waals surface area contributed by atoms with E-state index < -0.39 is 5.60 Å². The van der Waals surface area contributed by atoms with Crippen molar-refractivity contribution in [1.82, 2.24) is 4.90 Å². The molecule has 0 amide bonds. The molecule has 0 bridgehead atoms. The topological polar surface area (TPSA) is 49.8 Å². The molecule has 0 saturated carbocycles. The van der Waals surface area contributed by atoms with Crippen LogP contribution in [0.4, 0.5) is 0 Å². The van der Waals surface area contributed by atoms with Crippen molar-refractivity contribution in [2.45, 2.75) is 52.2 Å². The number of hydrogen-bond donors (Lipinski definition) is 1. The van der Waals surface area contributed by atoms with Gasteiger partial charge in [0.25, 0.3) is 0 Å². The first kappa shape index (κ1) is 15.4. The molecule has 0 aromatic rings. The third kappa shape index (κ3) is 6.08. The Morgan fingerprint density at radius 1 is 1.44 bits per heavy atom. The summed E-state index contributed by atoms with van der Waals surface area (Å²) >= 11 is 0. The molecule has 0 aliphatic heterocycles. The zero-order chi connectivity index (χ0) is 12.8. The second kappa shape index (κ2) is 6.86. The van der Waals surface area contributed by atoms with Gasteiger partial charge >= 0.3 is 5.97 Å². The Balaban J connectivity index is 4.45. The second-order valence-corrected chi connectivity index (χ2v) is 4.78. The fourth-order valence-corrected chi connectivity index (χ4v) is 1.75. The maximum Gasteiger partial charge on any atom is 0.323 e. The molecule has 4 heteroatoms. The Bertz CT molecular complexity index is 211. The SMILES string of the molecule is CCCC(C(=O)OCC)N(C)CC(C)(C)O. The minimum atomic E-state index is -0.798. The van der Waals surface area contributed by atoms with Gasteiger partial charge in [0, 0.05) is 6.54 Å². The normalized spacial score (nSPS) is 13.9. The highest BCUT2D eigenvalue weighted by molar-refractivity contribution is 5.75. The van der Waals surface area contributed by atoms with Gasteiger partial charge < -0.3 is 9.84 Å². The average Bonchev–Trinajstić information content (AvgIpc) is 2.11. The van der Waals surface area contributed by atoms with Crippen LogP contribution in [0.5, 0.6) is 0 Å². The van der Waals surface area contributed by atoms with E-state index in [2.05, 4.69) is 0 Å². The number of carbonyl (C=O) groups is 1. The van der Waals surface area contributed by atoms with Gasteiger partial charge in [0.2, 0.25) is 0 Å². The van der Waals surface area contributed by atoms with Crippen molar-refractivity contribution in [3.63, 3.8) is 0 Å². The smallest absolute Gasteiger partial charge is 0.323 e. The van der Waals surface area contributed by atoms with Crippen LogP contribution in [0.25, 0.3) is 0 Å². The number of likely N-dealkylation sites (N-methyl/N-ethyl adjacent to an activating group) is 1. The average molecular weight is 231 g/mol. The molecule has 0 aliphatic carbocycles. The summed E-state index contributed by atoms with van der Waals surface area (Å²) in [5.41, 5.74) is -0.798. The number of rotatable bonds is 7. The monoisotopic (exact) mass is 231 g/mol. The second-order valence-electron chi connectivity index (χ2n) is 4.78. The maximum atomic E-state index is 11.7. The minimum Gasteiger partial charge on any atom is -0.465 e. The van der Waals surface area contributed by atoms with Gasteiger partial charge in [0.1, 0.15) is 6.04 Å². The van der Waals surface area contributed by atoms with E-state index in [-0.39, 0.29) is 12.0 Å². The van der Waals surface area contributed by atoms with Gasteiger partial charge in [-0.05, 0) is 34.2 Å². The molecule has 0 spiro atoms. The van der Waals surface area contributed by atoms with Crippen LogP contribution >= 0.6 is 0 Å². The first-order valence-electron chi connectivity index (χ1n) is 5.91. The van der Waals surface area contributed by atoms with E-state index in [0.717, 1.165) is 12.8 Å². The minimum absolute atomic E-state index is 0.198. The standard InChI is InChI=1S/C12H25NO3/c1-6-8-10(11(14)16-7-2)13(5)9-12(3,4)15/h10,15H,6-9H2,1-5H3. The molecule has 1 atom stereocenters. The highest BCUT2D eigenvalue weighted by Crippen LogP contribution is 2.12. The molecule has 0 radical (unpaired) electrons. The fourth-order valence-electron chi connectivity index (χ4n) is 1.75. The Hall–Kier alpha value is -0.610. The van der Waals surface area contributed by atoms with Gasteiger partial charge in [0.05, 0.1) is 12.2 Å². The molecule has 4 nitrogen and oxygen atoms in total. The molecule has 1 unspecified atom stereocenters. The molecule has 0 rings (SSSR count). The van der Waals surface area contributed by atoms with Crippen molar-refractivity contribution >= 4 is 5.97 Å². The van der Waals surface area contributed by atoms with Crippen LogP contribution in [-0.4, -0.2) is 47.8 Å². The highest BCUT2D eigenvalue weighted by atomic mass is 16.5. The van der Waals surface area contributed by atoms with Crippen LogP contribution in [0.15, 0.2) is 0 Å². The van der Waals surface area contributed by atoms with Crippen molar-refractivity contribution in [1.29, 1.82) is 0 Å². The van der Waals surface area contributed by atoms with E-state index in [9.17, 15) is 9.90 Å². The number of esters is 1. The lowest BCUT2D eigenvalue weighted by atomic mass is 10.1. The molecule has 0 heterocycles. The predicted octanol–water partition coefficient (Wildman–Crippen LogP) is 1.42. The van der Waals surface area contributed by atoms with E-state index >= 15 is 0 Å². The lowest BCUT2D eigenvalue weighted by Gasteiger charge is -2.31. The molecule has 0 saturated heterocycles. The van der Waals surface area contributed by atoms with Gasteiger partial charge in [-0.15, -0.1) is 0 Å². The number of carbonyl (C=O) groups excluding carboxylic acids is 1. The summed E-state index contributed by atoms with van der Waals surface area (Å²) in [6, 6.07) is -0.253.